The first kappa shape index (κ1) is 16.1. The zero-order chi connectivity index (χ0) is 17.3. The van der Waals surface area contributed by atoms with Crippen LogP contribution in [0.1, 0.15) is 27.9 Å². The molecule has 0 unspecified atom stereocenters. The Hall–Kier alpha value is -2.72. The molecule has 3 aromatic rings. The smallest absolute Gasteiger partial charge is 0.349 e. The lowest BCUT2D eigenvalue weighted by Crippen LogP contribution is -2.11. The summed E-state index contributed by atoms with van der Waals surface area (Å²) in [6.45, 7) is 3.87. The molecule has 0 saturated carbocycles. The fourth-order valence-electron chi connectivity index (χ4n) is 2.33. The van der Waals surface area contributed by atoms with Gasteiger partial charge in [0.15, 0.2) is 6.10 Å². The Morgan fingerprint density at radius 3 is 2.83 bits per heavy atom. The van der Waals surface area contributed by atoms with Crippen LogP contribution in [0.4, 0.5) is 4.39 Å². The predicted octanol–water partition coefficient (Wildman–Crippen LogP) is 3.66. The summed E-state index contributed by atoms with van der Waals surface area (Å²) in [5, 5.41) is 14.1. The summed E-state index contributed by atoms with van der Waals surface area (Å²) in [6.07, 6.45) is -0.792. The first-order valence-corrected chi connectivity index (χ1v) is 8.11. The van der Waals surface area contributed by atoms with Gasteiger partial charge in [0.25, 0.3) is 0 Å². The van der Waals surface area contributed by atoms with Gasteiger partial charge in [-0.2, -0.15) is 10.4 Å². The van der Waals surface area contributed by atoms with E-state index in [1.165, 1.54) is 30.4 Å². The second kappa shape index (κ2) is 6.42. The molecule has 7 heteroatoms. The number of esters is 1. The fraction of sp³-hybridized carbons (Fsp3) is 0.235. The quantitative estimate of drug-likeness (QED) is 0.678. The average Bonchev–Trinajstić information content (AvgIpc) is 3.11. The molecule has 5 nitrogen and oxygen atoms in total. The summed E-state index contributed by atoms with van der Waals surface area (Å²) in [5.41, 5.74) is 1.71. The molecule has 3 rings (SSSR count). The first-order chi connectivity index (χ1) is 11.5. The van der Waals surface area contributed by atoms with Crippen LogP contribution in [0, 0.1) is 24.1 Å². The molecule has 122 valence electrons. The van der Waals surface area contributed by atoms with E-state index in [4.69, 9.17) is 10.00 Å². The van der Waals surface area contributed by atoms with E-state index in [1.54, 1.807) is 22.9 Å². The van der Waals surface area contributed by atoms with Crippen LogP contribution < -0.4 is 0 Å². The lowest BCUT2D eigenvalue weighted by atomic mass is 10.2. The number of aromatic nitrogens is 2. The predicted molar refractivity (Wildman–Crippen MR) is 88.3 cm³/mol. The first-order valence-electron chi connectivity index (χ1n) is 7.30. The zero-order valence-corrected chi connectivity index (χ0v) is 13.9. The fourth-order valence-corrected chi connectivity index (χ4v) is 3.37. The Bertz CT molecular complexity index is 937. The van der Waals surface area contributed by atoms with Gasteiger partial charge in [-0.25, -0.2) is 9.18 Å². The van der Waals surface area contributed by atoms with E-state index in [9.17, 15) is 9.18 Å². The highest BCUT2D eigenvalue weighted by atomic mass is 32.1. The summed E-state index contributed by atoms with van der Waals surface area (Å²) in [7, 11) is 0. The van der Waals surface area contributed by atoms with Gasteiger partial charge in [0, 0.05) is 5.39 Å². The second-order valence-corrected chi connectivity index (χ2v) is 6.41. The van der Waals surface area contributed by atoms with Crippen LogP contribution >= 0.6 is 11.3 Å². The third kappa shape index (κ3) is 3.14. The highest BCUT2D eigenvalue weighted by Gasteiger charge is 2.19. The number of hydrogen-bond acceptors (Lipinski definition) is 5. The maximum Gasteiger partial charge on any atom is 0.349 e. The molecular weight excluding hydrogens is 329 g/mol. The molecule has 2 aromatic heterocycles. The molecule has 0 bridgehead atoms. The number of rotatable bonds is 4. The van der Waals surface area contributed by atoms with E-state index in [0.717, 1.165) is 21.5 Å². The number of carbonyl (C=O) groups is 1. The molecule has 0 saturated heterocycles. The molecule has 0 fully saturated rings. The number of benzene rings is 1. The maximum absolute atomic E-state index is 13.0. The van der Waals surface area contributed by atoms with Gasteiger partial charge in [-0.15, -0.1) is 11.3 Å². The molecule has 24 heavy (non-hydrogen) atoms. The van der Waals surface area contributed by atoms with Crippen molar-refractivity contribution >= 4 is 27.5 Å². The lowest BCUT2D eigenvalue weighted by Gasteiger charge is -2.04. The Morgan fingerprint density at radius 1 is 1.46 bits per heavy atom. The molecule has 1 atom stereocenters. The number of thiophene rings is 1. The third-order valence-electron chi connectivity index (χ3n) is 3.52. The molecule has 0 aliphatic carbocycles. The van der Waals surface area contributed by atoms with Gasteiger partial charge >= 0.3 is 5.97 Å². The number of aryl methyl sites for hydroxylation is 1. The SMILES string of the molecule is Cc1nn(Cc2ccc(F)cc2)c2sc(C(=O)O[C@@H](C)C#N)cc12. The van der Waals surface area contributed by atoms with Crippen LogP contribution in [0.15, 0.2) is 30.3 Å². The van der Waals surface area contributed by atoms with Crippen molar-refractivity contribution in [2.75, 3.05) is 0 Å². The number of ether oxygens (including phenoxy) is 1. The minimum absolute atomic E-state index is 0.284. The number of nitriles is 1. The van der Waals surface area contributed by atoms with Crippen molar-refractivity contribution in [3.05, 3.63) is 52.3 Å². The Kier molecular flexibility index (Phi) is 4.32. The number of fused-ring (bicyclic) bond motifs is 1. The Balaban J connectivity index is 1.91. The van der Waals surface area contributed by atoms with Gasteiger partial charge in [-0.3, -0.25) is 4.68 Å². The Labute approximate surface area is 141 Å². The molecule has 0 spiro atoms. The maximum atomic E-state index is 13.0. The van der Waals surface area contributed by atoms with E-state index < -0.39 is 12.1 Å². The lowest BCUT2D eigenvalue weighted by molar-refractivity contribution is 0.0441. The van der Waals surface area contributed by atoms with Crippen molar-refractivity contribution in [2.45, 2.75) is 26.5 Å². The van der Waals surface area contributed by atoms with Gasteiger partial charge in [0.05, 0.1) is 12.2 Å². The average molecular weight is 343 g/mol. The summed E-state index contributed by atoms with van der Waals surface area (Å²) in [6, 6.07) is 9.82. The topological polar surface area (TPSA) is 67.9 Å². The Morgan fingerprint density at radius 2 is 2.17 bits per heavy atom. The minimum Gasteiger partial charge on any atom is -0.443 e. The minimum atomic E-state index is -0.792. The number of nitrogens with zero attached hydrogens (tertiary/aromatic N) is 3. The second-order valence-electron chi connectivity index (χ2n) is 5.38. The van der Waals surface area contributed by atoms with E-state index in [0.29, 0.717) is 11.4 Å². The van der Waals surface area contributed by atoms with Crippen molar-refractivity contribution in [3.8, 4) is 6.07 Å². The molecule has 0 aliphatic rings. The van der Waals surface area contributed by atoms with Gasteiger partial charge < -0.3 is 4.74 Å². The number of halogens is 1. The molecular formula is C17H14FN3O2S. The molecule has 1 aromatic carbocycles. The molecule has 0 N–H and O–H groups in total. The highest BCUT2D eigenvalue weighted by Crippen LogP contribution is 2.29. The van der Waals surface area contributed by atoms with E-state index >= 15 is 0 Å². The van der Waals surface area contributed by atoms with Crippen LogP contribution in [0.2, 0.25) is 0 Å². The van der Waals surface area contributed by atoms with E-state index in [2.05, 4.69) is 5.10 Å². The van der Waals surface area contributed by atoms with E-state index in [1.807, 2.05) is 13.0 Å². The normalized spacial score (nSPS) is 12.1. The largest absolute Gasteiger partial charge is 0.443 e. The van der Waals surface area contributed by atoms with Crippen molar-refractivity contribution < 1.29 is 13.9 Å². The molecule has 0 aliphatic heterocycles. The van der Waals surface area contributed by atoms with Crippen LogP contribution in [-0.4, -0.2) is 21.9 Å². The van der Waals surface area contributed by atoms with Crippen molar-refractivity contribution in [1.82, 2.24) is 9.78 Å². The van der Waals surface area contributed by atoms with Crippen molar-refractivity contribution in [2.24, 2.45) is 0 Å². The van der Waals surface area contributed by atoms with Crippen LogP contribution in [0.25, 0.3) is 10.2 Å². The number of carbonyl (C=O) groups excluding carboxylic acids is 1. The number of hydrogen-bond donors (Lipinski definition) is 0. The van der Waals surface area contributed by atoms with Crippen LogP contribution in [0.3, 0.4) is 0 Å². The van der Waals surface area contributed by atoms with E-state index in [-0.39, 0.29) is 5.82 Å². The van der Waals surface area contributed by atoms with Crippen LogP contribution in [-0.2, 0) is 11.3 Å². The van der Waals surface area contributed by atoms with Gasteiger partial charge in [0.1, 0.15) is 21.6 Å². The standard InChI is InChI=1S/C17H14FN3O2S/c1-10(8-19)23-17(22)15-7-14-11(2)20-21(16(14)24-15)9-12-3-5-13(18)6-4-12/h3-7,10H,9H2,1-2H3/t10-/m0/s1. The van der Waals surface area contributed by atoms with Crippen molar-refractivity contribution in [1.29, 1.82) is 5.26 Å². The summed E-state index contributed by atoms with van der Waals surface area (Å²) in [4.78, 5) is 13.3. The zero-order valence-electron chi connectivity index (χ0n) is 13.1. The summed E-state index contributed by atoms with van der Waals surface area (Å²) < 4.78 is 19.8. The summed E-state index contributed by atoms with van der Waals surface area (Å²) >= 11 is 1.27. The van der Waals surface area contributed by atoms with Gasteiger partial charge in [-0.05, 0) is 37.6 Å². The monoisotopic (exact) mass is 343 g/mol. The van der Waals surface area contributed by atoms with Crippen molar-refractivity contribution in [3.63, 3.8) is 0 Å². The molecule has 0 radical (unpaired) electrons. The van der Waals surface area contributed by atoms with Gasteiger partial charge in [-0.1, -0.05) is 12.1 Å². The third-order valence-corrected chi connectivity index (χ3v) is 4.65. The highest BCUT2D eigenvalue weighted by molar-refractivity contribution is 7.20. The van der Waals surface area contributed by atoms with Crippen LogP contribution in [0.5, 0.6) is 0 Å². The summed E-state index contributed by atoms with van der Waals surface area (Å²) in [5.74, 6) is -0.800. The molecule has 0 amide bonds. The molecule has 2 heterocycles. The van der Waals surface area contributed by atoms with Gasteiger partial charge in [0.2, 0.25) is 0 Å².